The van der Waals surface area contributed by atoms with Crippen LogP contribution < -0.4 is 10.9 Å². The summed E-state index contributed by atoms with van der Waals surface area (Å²) in [5.41, 5.74) is -1.29. The molecule has 0 radical (unpaired) electrons. The van der Waals surface area contributed by atoms with Gasteiger partial charge in [0.25, 0.3) is 0 Å². The molecule has 0 aliphatic heterocycles. The highest BCUT2D eigenvalue weighted by molar-refractivity contribution is 5.94. The Morgan fingerprint density at radius 3 is 2.39 bits per heavy atom. The molecule has 0 fully saturated rings. The van der Waals surface area contributed by atoms with Gasteiger partial charge in [0.1, 0.15) is 17.1 Å². The van der Waals surface area contributed by atoms with Crippen LogP contribution in [0.4, 0.5) is 18.9 Å². The highest BCUT2D eigenvalue weighted by Gasteiger charge is 2.30. The number of carbonyl (C=O) groups is 1. The van der Waals surface area contributed by atoms with Crippen molar-refractivity contribution < 1.29 is 32.6 Å². The highest BCUT2D eigenvalue weighted by atomic mass is 19.4. The summed E-state index contributed by atoms with van der Waals surface area (Å²) in [4.78, 5) is 24.4. The second-order valence-electron chi connectivity index (χ2n) is 6.13. The lowest BCUT2D eigenvalue weighted by atomic mass is 10.0. The SMILES string of the molecule is Cc1c(CC(=O)Nc2ccc(C(F)(F)F)cc2)c(=O)oc2cc(O)cc(O)c12. The summed E-state index contributed by atoms with van der Waals surface area (Å²) in [6.07, 6.45) is -4.90. The number of phenolic OH excluding ortho intramolecular Hbond substituents is 2. The van der Waals surface area contributed by atoms with Crippen LogP contribution in [0.25, 0.3) is 11.0 Å². The van der Waals surface area contributed by atoms with Gasteiger partial charge in [0.05, 0.1) is 22.9 Å². The van der Waals surface area contributed by atoms with Crippen LogP contribution in [0.1, 0.15) is 16.7 Å². The molecule has 3 N–H and O–H groups in total. The molecule has 0 bridgehead atoms. The molecule has 1 heterocycles. The fraction of sp³-hybridized carbons (Fsp3) is 0.158. The Bertz CT molecular complexity index is 1120. The summed E-state index contributed by atoms with van der Waals surface area (Å²) in [5, 5.41) is 22.1. The second kappa shape index (κ2) is 6.91. The Kier molecular flexibility index (Phi) is 4.76. The number of benzene rings is 2. The summed E-state index contributed by atoms with van der Waals surface area (Å²) >= 11 is 0. The maximum atomic E-state index is 12.6. The van der Waals surface area contributed by atoms with Crippen molar-refractivity contribution in [1.29, 1.82) is 0 Å². The van der Waals surface area contributed by atoms with E-state index in [2.05, 4.69) is 5.32 Å². The van der Waals surface area contributed by atoms with Crippen LogP contribution in [0.3, 0.4) is 0 Å². The standard InChI is InChI=1S/C19H14F3NO5/c1-9-13(18(27)28-15-7-12(24)6-14(25)17(9)15)8-16(26)23-11-4-2-10(3-5-11)19(20,21)22/h2-7,24-25H,8H2,1H3,(H,23,26). The number of carbonyl (C=O) groups excluding carboxylic acids is 1. The number of aromatic hydroxyl groups is 2. The van der Waals surface area contributed by atoms with E-state index in [9.17, 15) is 33.0 Å². The molecule has 0 unspecified atom stereocenters. The van der Waals surface area contributed by atoms with E-state index in [0.717, 1.165) is 36.4 Å². The number of phenols is 2. The van der Waals surface area contributed by atoms with Crippen molar-refractivity contribution in [3.63, 3.8) is 0 Å². The lowest BCUT2D eigenvalue weighted by Crippen LogP contribution is -2.20. The second-order valence-corrected chi connectivity index (χ2v) is 6.13. The van der Waals surface area contributed by atoms with E-state index in [1.54, 1.807) is 0 Å². The minimum absolute atomic E-state index is 0.0158. The molecule has 1 aromatic heterocycles. The number of hydrogen-bond donors (Lipinski definition) is 3. The van der Waals surface area contributed by atoms with Crippen LogP contribution in [0, 0.1) is 6.92 Å². The number of rotatable bonds is 3. The number of nitrogens with one attached hydrogen (secondary N) is 1. The Balaban J connectivity index is 1.86. The minimum atomic E-state index is -4.49. The quantitative estimate of drug-likeness (QED) is 0.589. The first kappa shape index (κ1) is 19.3. The third-order valence-electron chi connectivity index (χ3n) is 4.18. The van der Waals surface area contributed by atoms with Gasteiger partial charge in [0, 0.05) is 17.8 Å². The number of halogens is 3. The minimum Gasteiger partial charge on any atom is -0.508 e. The van der Waals surface area contributed by atoms with Crippen LogP contribution in [0.5, 0.6) is 11.5 Å². The van der Waals surface area contributed by atoms with Gasteiger partial charge in [-0.25, -0.2) is 4.79 Å². The predicted molar refractivity (Wildman–Crippen MR) is 94.3 cm³/mol. The zero-order chi connectivity index (χ0) is 20.6. The summed E-state index contributed by atoms with van der Waals surface area (Å²) in [6.45, 7) is 1.51. The van der Waals surface area contributed by atoms with Gasteiger partial charge in [0.2, 0.25) is 5.91 Å². The fourth-order valence-electron chi connectivity index (χ4n) is 2.82. The van der Waals surface area contributed by atoms with Crippen molar-refractivity contribution in [3.05, 3.63) is 63.5 Å². The topological polar surface area (TPSA) is 99.8 Å². The first-order valence-electron chi connectivity index (χ1n) is 8.01. The van der Waals surface area contributed by atoms with Crippen LogP contribution in [0.2, 0.25) is 0 Å². The summed E-state index contributed by atoms with van der Waals surface area (Å²) < 4.78 is 42.8. The monoisotopic (exact) mass is 393 g/mol. The molecule has 0 aliphatic carbocycles. The Morgan fingerprint density at radius 1 is 1.14 bits per heavy atom. The van der Waals surface area contributed by atoms with E-state index < -0.39 is 29.7 Å². The summed E-state index contributed by atoms with van der Waals surface area (Å²) in [6, 6.07) is 6.10. The maximum absolute atomic E-state index is 12.6. The van der Waals surface area contributed by atoms with E-state index in [-0.39, 0.29) is 33.7 Å². The molecule has 0 aliphatic rings. The van der Waals surface area contributed by atoms with Gasteiger partial charge < -0.3 is 19.9 Å². The summed E-state index contributed by atoms with van der Waals surface area (Å²) in [5.74, 6) is -1.26. The zero-order valence-corrected chi connectivity index (χ0v) is 14.4. The molecule has 0 atom stereocenters. The van der Waals surface area contributed by atoms with E-state index in [1.165, 1.54) is 6.92 Å². The predicted octanol–water partition coefficient (Wildman–Crippen LogP) is 3.71. The molecule has 1 amide bonds. The van der Waals surface area contributed by atoms with Crippen LogP contribution >= 0.6 is 0 Å². The van der Waals surface area contributed by atoms with Crippen LogP contribution in [0.15, 0.2) is 45.6 Å². The largest absolute Gasteiger partial charge is 0.508 e. The van der Waals surface area contributed by atoms with Gasteiger partial charge in [0.15, 0.2) is 0 Å². The lowest BCUT2D eigenvalue weighted by Gasteiger charge is -2.11. The smallest absolute Gasteiger partial charge is 0.416 e. The van der Waals surface area contributed by atoms with Crippen molar-refractivity contribution in [2.24, 2.45) is 0 Å². The fourth-order valence-corrected chi connectivity index (χ4v) is 2.82. The van der Waals surface area contributed by atoms with Crippen molar-refractivity contribution >= 4 is 22.6 Å². The number of anilines is 1. The molecule has 3 rings (SSSR count). The molecular formula is C19H14F3NO5. The third-order valence-corrected chi connectivity index (χ3v) is 4.18. The number of hydrogen-bond acceptors (Lipinski definition) is 5. The average molecular weight is 393 g/mol. The molecule has 6 nitrogen and oxygen atoms in total. The van der Waals surface area contributed by atoms with Gasteiger partial charge in [-0.1, -0.05) is 0 Å². The molecule has 9 heteroatoms. The first-order chi connectivity index (χ1) is 13.1. The highest BCUT2D eigenvalue weighted by Crippen LogP contribution is 2.33. The molecule has 146 valence electrons. The van der Waals surface area contributed by atoms with Crippen molar-refractivity contribution in [2.75, 3.05) is 5.32 Å². The zero-order valence-electron chi connectivity index (χ0n) is 14.4. The van der Waals surface area contributed by atoms with Crippen LogP contribution in [-0.2, 0) is 17.4 Å². The summed E-state index contributed by atoms with van der Waals surface area (Å²) in [7, 11) is 0. The molecule has 28 heavy (non-hydrogen) atoms. The van der Waals surface area contributed by atoms with E-state index in [0.29, 0.717) is 5.56 Å². The number of amides is 1. The van der Waals surface area contributed by atoms with Gasteiger partial charge in [-0.05, 0) is 36.8 Å². The number of fused-ring (bicyclic) bond motifs is 1. The van der Waals surface area contributed by atoms with Gasteiger partial charge in [-0.3, -0.25) is 4.79 Å². The van der Waals surface area contributed by atoms with Gasteiger partial charge >= 0.3 is 11.8 Å². The third kappa shape index (κ3) is 3.78. The first-order valence-corrected chi connectivity index (χ1v) is 8.01. The van der Waals surface area contributed by atoms with Crippen molar-refractivity contribution in [1.82, 2.24) is 0 Å². The lowest BCUT2D eigenvalue weighted by molar-refractivity contribution is -0.137. The van der Waals surface area contributed by atoms with E-state index in [4.69, 9.17) is 4.42 Å². The van der Waals surface area contributed by atoms with Gasteiger partial charge in [-0.15, -0.1) is 0 Å². The van der Waals surface area contributed by atoms with Gasteiger partial charge in [-0.2, -0.15) is 13.2 Å². The Labute approximate surface area is 155 Å². The molecule has 0 saturated carbocycles. The number of aryl methyl sites for hydroxylation is 1. The van der Waals surface area contributed by atoms with Crippen molar-refractivity contribution in [3.8, 4) is 11.5 Å². The van der Waals surface area contributed by atoms with Crippen molar-refractivity contribution in [2.45, 2.75) is 19.5 Å². The maximum Gasteiger partial charge on any atom is 0.416 e. The molecule has 2 aromatic carbocycles. The van der Waals surface area contributed by atoms with E-state index in [1.807, 2.05) is 0 Å². The molecule has 0 saturated heterocycles. The number of alkyl halides is 3. The Morgan fingerprint density at radius 2 is 1.79 bits per heavy atom. The Hall–Kier alpha value is -3.49. The normalized spacial score (nSPS) is 11.6. The van der Waals surface area contributed by atoms with Crippen LogP contribution in [-0.4, -0.2) is 16.1 Å². The average Bonchev–Trinajstić information content (AvgIpc) is 2.57. The molecular weight excluding hydrogens is 379 g/mol. The molecule has 3 aromatic rings. The molecule has 0 spiro atoms. The van der Waals surface area contributed by atoms with E-state index >= 15 is 0 Å².